The third kappa shape index (κ3) is 3.42. The van der Waals surface area contributed by atoms with Crippen molar-refractivity contribution >= 4 is 39.8 Å². The van der Waals surface area contributed by atoms with Crippen LogP contribution in [0.2, 0.25) is 0 Å². The molecule has 0 radical (unpaired) electrons. The lowest BCUT2D eigenvalue weighted by atomic mass is 10.1. The summed E-state index contributed by atoms with van der Waals surface area (Å²) in [4.78, 5) is 28.4. The Morgan fingerprint density at radius 1 is 1.22 bits per heavy atom. The van der Waals surface area contributed by atoms with Gasteiger partial charge in [0.2, 0.25) is 0 Å². The first-order chi connectivity index (χ1) is 13.2. The topological polar surface area (TPSA) is 94.2 Å². The number of carbonyl (C=O) groups is 2. The Bertz CT molecular complexity index is 1010. The van der Waals surface area contributed by atoms with Crippen molar-refractivity contribution in [2.24, 2.45) is 0 Å². The van der Waals surface area contributed by atoms with Crippen molar-refractivity contribution in [1.29, 1.82) is 0 Å². The van der Waals surface area contributed by atoms with Gasteiger partial charge in [0, 0.05) is 17.5 Å². The highest BCUT2D eigenvalue weighted by atomic mass is 32.1. The van der Waals surface area contributed by atoms with Crippen molar-refractivity contribution in [2.75, 3.05) is 11.9 Å². The van der Waals surface area contributed by atoms with Crippen molar-refractivity contribution < 1.29 is 14.7 Å². The number of rotatable bonds is 5. The van der Waals surface area contributed by atoms with Gasteiger partial charge in [-0.3, -0.25) is 9.59 Å². The summed E-state index contributed by atoms with van der Waals surface area (Å²) in [5.41, 5.74) is 2.88. The van der Waals surface area contributed by atoms with Crippen molar-refractivity contribution in [3.63, 3.8) is 0 Å². The molecule has 1 atom stereocenters. The molecule has 0 bridgehead atoms. The number of aromatic nitrogens is 1. The van der Waals surface area contributed by atoms with Gasteiger partial charge in [-0.15, -0.1) is 11.3 Å². The van der Waals surface area contributed by atoms with Gasteiger partial charge in [0.15, 0.2) is 0 Å². The van der Waals surface area contributed by atoms with Crippen LogP contribution in [0.15, 0.2) is 54.7 Å². The number of anilines is 1. The van der Waals surface area contributed by atoms with Crippen LogP contribution in [0.5, 0.6) is 0 Å². The second kappa shape index (κ2) is 7.22. The number of nitrogens with one attached hydrogen (secondary N) is 3. The summed E-state index contributed by atoms with van der Waals surface area (Å²) in [6, 6.07) is 14.2. The zero-order chi connectivity index (χ0) is 18.8. The molecule has 2 aromatic heterocycles. The molecular weight excluding hydrogens is 362 g/mol. The molecule has 4 rings (SSSR count). The summed E-state index contributed by atoms with van der Waals surface area (Å²) in [7, 11) is 0. The highest BCUT2D eigenvalue weighted by molar-refractivity contribution is 7.18. The van der Waals surface area contributed by atoms with E-state index in [-0.39, 0.29) is 18.4 Å². The number of hydrogen-bond acceptors (Lipinski definition) is 4. The molecule has 136 valence electrons. The summed E-state index contributed by atoms with van der Waals surface area (Å²) < 4.78 is 0. The Balaban J connectivity index is 1.57. The maximum Gasteiger partial charge on any atom is 0.262 e. The van der Waals surface area contributed by atoms with E-state index >= 15 is 0 Å². The molecule has 2 amide bonds. The van der Waals surface area contributed by atoms with E-state index in [1.54, 1.807) is 18.3 Å². The predicted molar refractivity (Wildman–Crippen MR) is 105 cm³/mol. The summed E-state index contributed by atoms with van der Waals surface area (Å²) >= 11 is 1.22. The molecule has 3 aromatic rings. The Kier molecular flexibility index (Phi) is 4.62. The molecule has 0 aliphatic carbocycles. The minimum absolute atomic E-state index is 0.185. The van der Waals surface area contributed by atoms with Gasteiger partial charge in [0.1, 0.15) is 5.00 Å². The number of aliphatic hydroxyl groups excluding tert-OH is 1. The average molecular weight is 379 g/mol. The van der Waals surface area contributed by atoms with Crippen molar-refractivity contribution in [3.05, 3.63) is 76.4 Å². The smallest absolute Gasteiger partial charge is 0.262 e. The molecule has 1 aromatic carbocycles. The fourth-order valence-corrected chi connectivity index (χ4v) is 3.94. The van der Waals surface area contributed by atoms with Gasteiger partial charge in [0.25, 0.3) is 11.8 Å². The minimum Gasteiger partial charge on any atom is -0.394 e. The van der Waals surface area contributed by atoms with Crippen LogP contribution < -0.4 is 10.6 Å². The highest BCUT2D eigenvalue weighted by Gasteiger charge is 2.29. The highest BCUT2D eigenvalue weighted by Crippen LogP contribution is 2.39. The molecular formula is C20H17N3O3S. The molecule has 1 aliphatic heterocycles. The van der Waals surface area contributed by atoms with Gasteiger partial charge in [-0.1, -0.05) is 30.3 Å². The second-order valence-corrected chi connectivity index (χ2v) is 7.16. The monoisotopic (exact) mass is 379 g/mol. The van der Waals surface area contributed by atoms with Crippen LogP contribution in [-0.4, -0.2) is 28.5 Å². The van der Waals surface area contributed by atoms with E-state index in [0.717, 1.165) is 11.3 Å². The zero-order valence-corrected chi connectivity index (χ0v) is 15.0. The SMILES string of the molecule is O=C1Nc2sc(C(=O)N[C@@H](CO)c3ccccc3)cc2/C1=C/c1ccc[nH]1. The Morgan fingerprint density at radius 3 is 2.74 bits per heavy atom. The van der Waals surface area contributed by atoms with Crippen LogP contribution in [0.1, 0.15) is 32.5 Å². The number of amides is 2. The van der Waals surface area contributed by atoms with E-state index in [0.29, 0.717) is 21.0 Å². The summed E-state index contributed by atoms with van der Waals surface area (Å²) in [5.74, 6) is -0.471. The van der Waals surface area contributed by atoms with Gasteiger partial charge in [-0.25, -0.2) is 0 Å². The fraction of sp³-hybridized carbons (Fsp3) is 0.100. The molecule has 0 saturated carbocycles. The van der Waals surface area contributed by atoms with E-state index in [1.807, 2.05) is 42.5 Å². The summed E-state index contributed by atoms with van der Waals surface area (Å²) in [5, 5.41) is 15.9. The van der Waals surface area contributed by atoms with Crippen molar-refractivity contribution in [2.45, 2.75) is 6.04 Å². The number of benzene rings is 1. The maximum atomic E-state index is 12.6. The molecule has 7 heteroatoms. The normalized spacial score (nSPS) is 15.4. The predicted octanol–water partition coefficient (Wildman–Crippen LogP) is 3.03. The molecule has 4 N–H and O–H groups in total. The van der Waals surface area contributed by atoms with Crippen LogP contribution in [0.3, 0.4) is 0 Å². The number of H-pyrrole nitrogens is 1. The first kappa shape index (κ1) is 17.3. The lowest BCUT2D eigenvalue weighted by Gasteiger charge is -2.16. The van der Waals surface area contributed by atoms with Gasteiger partial charge in [0.05, 0.1) is 23.1 Å². The summed E-state index contributed by atoms with van der Waals surface area (Å²) in [6.45, 7) is -0.199. The third-order valence-electron chi connectivity index (χ3n) is 4.33. The van der Waals surface area contributed by atoms with Crippen LogP contribution in [-0.2, 0) is 4.79 Å². The Morgan fingerprint density at radius 2 is 2.04 bits per heavy atom. The molecule has 27 heavy (non-hydrogen) atoms. The van der Waals surface area contributed by atoms with E-state index in [9.17, 15) is 14.7 Å². The second-order valence-electron chi connectivity index (χ2n) is 6.11. The average Bonchev–Trinajstić information content (AvgIpc) is 3.39. The first-order valence-electron chi connectivity index (χ1n) is 8.43. The summed E-state index contributed by atoms with van der Waals surface area (Å²) in [6.07, 6.45) is 3.54. The lowest BCUT2D eigenvalue weighted by Crippen LogP contribution is -2.30. The number of carbonyl (C=O) groups excluding carboxylic acids is 2. The van der Waals surface area contributed by atoms with E-state index < -0.39 is 6.04 Å². The number of thiophene rings is 1. The molecule has 1 aliphatic rings. The van der Waals surface area contributed by atoms with Crippen LogP contribution in [0.25, 0.3) is 11.6 Å². The van der Waals surface area contributed by atoms with Gasteiger partial charge in [-0.05, 0) is 29.8 Å². The van der Waals surface area contributed by atoms with Crippen molar-refractivity contribution in [1.82, 2.24) is 10.3 Å². The zero-order valence-electron chi connectivity index (χ0n) is 14.2. The van der Waals surface area contributed by atoms with Crippen molar-refractivity contribution in [3.8, 4) is 0 Å². The van der Waals surface area contributed by atoms with E-state index in [4.69, 9.17) is 0 Å². The Hall–Kier alpha value is -3.16. The molecule has 0 unspecified atom stereocenters. The Labute approximate surface area is 159 Å². The molecule has 0 fully saturated rings. The van der Waals surface area contributed by atoms with E-state index in [1.165, 1.54) is 11.3 Å². The van der Waals surface area contributed by atoms with Crippen LogP contribution in [0.4, 0.5) is 5.00 Å². The first-order valence-corrected chi connectivity index (χ1v) is 9.24. The maximum absolute atomic E-state index is 12.6. The lowest BCUT2D eigenvalue weighted by molar-refractivity contribution is -0.110. The van der Waals surface area contributed by atoms with Crippen LogP contribution >= 0.6 is 11.3 Å². The minimum atomic E-state index is -0.487. The number of aliphatic hydroxyl groups is 1. The van der Waals surface area contributed by atoms with E-state index in [2.05, 4.69) is 15.6 Å². The number of hydrogen-bond donors (Lipinski definition) is 4. The number of aromatic amines is 1. The number of fused-ring (bicyclic) bond motifs is 1. The molecule has 0 spiro atoms. The molecule has 6 nitrogen and oxygen atoms in total. The largest absolute Gasteiger partial charge is 0.394 e. The third-order valence-corrected chi connectivity index (χ3v) is 5.38. The molecule has 0 saturated heterocycles. The molecule has 3 heterocycles. The van der Waals surface area contributed by atoms with Gasteiger partial charge < -0.3 is 20.7 Å². The standard InChI is InChI=1S/C20H17N3O3S/c24-11-16(12-5-2-1-3-6-12)22-19(26)17-10-15-14(9-13-7-4-8-21-13)18(25)23-20(15)27-17/h1-10,16,21,24H,11H2,(H,22,26)(H,23,25)/b14-9-/t16-/m0/s1. The quantitative estimate of drug-likeness (QED) is 0.513. The fourth-order valence-electron chi connectivity index (χ4n) is 2.97. The van der Waals surface area contributed by atoms with Gasteiger partial charge >= 0.3 is 0 Å². The van der Waals surface area contributed by atoms with Crippen LogP contribution in [0, 0.1) is 0 Å². The van der Waals surface area contributed by atoms with Gasteiger partial charge in [-0.2, -0.15) is 0 Å².